The van der Waals surface area contributed by atoms with Crippen molar-refractivity contribution >= 4 is 64.1 Å². The van der Waals surface area contributed by atoms with E-state index in [9.17, 15) is 0 Å². The number of aromatic nitrogens is 3. The lowest BCUT2D eigenvalue weighted by Crippen LogP contribution is -2.30. The molecule has 8 aromatic rings. The molecule has 0 N–H and O–H groups in total. The molecule has 0 aliphatic rings. The Bertz CT molecular complexity index is 2400. The maximum Gasteiger partial charge on any atom is 0.296 e. The van der Waals surface area contributed by atoms with Crippen molar-refractivity contribution in [2.45, 2.75) is 46.5 Å². The Morgan fingerprint density at radius 2 is 1.41 bits per heavy atom. The average molecular weight is 591 g/mol. The molecule has 0 radical (unpaired) electrons. The molecule has 216 valence electrons. The van der Waals surface area contributed by atoms with E-state index in [0.29, 0.717) is 11.8 Å². The molecule has 0 fully saturated rings. The average Bonchev–Trinajstić information content (AvgIpc) is 3.52. The number of para-hydroxylation sites is 1. The summed E-state index contributed by atoms with van der Waals surface area (Å²) in [5, 5.41) is 7.79. The fraction of sp³-hybridized carbons (Fsp3) is 0.200. The zero-order valence-corrected chi connectivity index (χ0v) is 27.0. The van der Waals surface area contributed by atoms with Crippen LogP contribution in [0.15, 0.2) is 97.3 Å². The molecule has 3 nitrogen and oxygen atoms in total. The van der Waals surface area contributed by atoms with E-state index < -0.39 is 0 Å². The molecular weight excluding hydrogens is 555 g/mol. The highest BCUT2D eigenvalue weighted by Gasteiger charge is 2.33. The summed E-state index contributed by atoms with van der Waals surface area (Å²) in [5.41, 5.74) is 8.90. The number of pyridine rings is 1. The molecule has 0 aliphatic carbocycles. The van der Waals surface area contributed by atoms with Crippen molar-refractivity contribution in [3.8, 4) is 17.1 Å². The van der Waals surface area contributed by atoms with E-state index in [0.717, 1.165) is 5.52 Å². The first-order chi connectivity index (χ1) is 21.3. The van der Waals surface area contributed by atoms with Crippen molar-refractivity contribution < 1.29 is 4.57 Å². The number of hydrogen-bond donors (Lipinski definition) is 0. The van der Waals surface area contributed by atoms with E-state index >= 15 is 0 Å². The maximum atomic E-state index is 4.64. The molecule has 5 aromatic carbocycles. The molecule has 44 heavy (non-hydrogen) atoms. The first-order valence-corrected chi connectivity index (χ1v) is 16.4. The van der Waals surface area contributed by atoms with Gasteiger partial charge in [-0.25, -0.2) is 4.57 Å². The van der Waals surface area contributed by atoms with E-state index in [-0.39, 0.29) is 0 Å². The van der Waals surface area contributed by atoms with Crippen LogP contribution in [0.25, 0.3) is 69.8 Å². The molecule has 0 spiro atoms. The monoisotopic (exact) mass is 590 g/mol. The zero-order valence-electron chi connectivity index (χ0n) is 26.1. The highest BCUT2D eigenvalue weighted by atomic mass is 32.1. The summed E-state index contributed by atoms with van der Waals surface area (Å²) in [6.07, 6.45) is 3.95. The predicted molar refractivity (Wildman–Crippen MR) is 188 cm³/mol. The van der Waals surface area contributed by atoms with Gasteiger partial charge in [-0.15, -0.1) is 11.3 Å². The Balaban J connectivity index is 1.51. The van der Waals surface area contributed by atoms with Crippen molar-refractivity contribution in [1.82, 2.24) is 9.55 Å². The minimum atomic E-state index is 0.375. The number of thiophene rings is 1. The number of rotatable bonds is 4. The van der Waals surface area contributed by atoms with E-state index in [1.807, 2.05) is 23.7 Å². The Morgan fingerprint density at radius 3 is 2.09 bits per heavy atom. The van der Waals surface area contributed by atoms with Gasteiger partial charge in [0.25, 0.3) is 5.82 Å². The summed E-state index contributed by atoms with van der Waals surface area (Å²) in [7, 11) is 2.21. The molecule has 0 unspecified atom stereocenters. The van der Waals surface area contributed by atoms with Crippen LogP contribution in [0.3, 0.4) is 0 Å². The number of aryl methyl sites for hydroxylation is 2. The van der Waals surface area contributed by atoms with Gasteiger partial charge in [0, 0.05) is 38.9 Å². The van der Waals surface area contributed by atoms with Crippen molar-refractivity contribution in [3.05, 3.63) is 114 Å². The molecule has 0 saturated carbocycles. The second-order valence-corrected chi connectivity index (χ2v) is 13.9. The van der Waals surface area contributed by atoms with Gasteiger partial charge in [-0.05, 0) is 70.1 Å². The SMILES string of the molecule is Cc1ccc2c(sc3cc4cc5ccccc5cc4cc32)c1-c1n(-c2c(C(C)C)cccc2C(C)C)c2cnccc2[n+]1C. The van der Waals surface area contributed by atoms with Crippen molar-refractivity contribution in [2.24, 2.45) is 7.05 Å². The molecule has 3 aromatic heterocycles. The molecule has 0 bridgehead atoms. The molecule has 0 atom stereocenters. The number of fused-ring (bicyclic) bond motifs is 6. The van der Waals surface area contributed by atoms with Gasteiger partial charge < -0.3 is 0 Å². The molecule has 4 heteroatoms. The lowest BCUT2D eigenvalue weighted by atomic mass is 9.92. The normalized spacial score (nSPS) is 12.3. The van der Waals surface area contributed by atoms with Crippen molar-refractivity contribution in [2.75, 3.05) is 0 Å². The molecule has 0 saturated heterocycles. The smallest absolute Gasteiger partial charge is 0.260 e. The Labute approximate surface area is 262 Å². The highest BCUT2D eigenvalue weighted by Crippen LogP contribution is 2.45. The molecule has 8 rings (SSSR count). The lowest BCUT2D eigenvalue weighted by Gasteiger charge is -2.18. The Hall–Kier alpha value is -4.54. The van der Waals surface area contributed by atoms with E-state index in [2.05, 4.69) is 141 Å². The summed E-state index contributed by atoms with van der Waals surface area (Å²) in [4.78, 5) is 4.64. The van der Waals surface area contributed by atoms with Gasteiger partial charge in [0.15, 0.2) is 11.0 Å². The quantitative estimate of drug-likeness (QED) is 0.148. The van der Waals surface area contributed by atoms with Gasteiger partial charge in [0.05, 0.1) is 23.5 Å². The van der Waals surface area contributed by atoms with Gasteiger partial charge in [0.2, 0.25) is 0 Å². The van der Waals surface area contributed by atoms with Gasteiger partial charge in [-0.1, -0.05) is 82.3 Å². The second-order valence-electron chi connectivity index (χ2n) is 12.8. The molecule has 0 aliphatic heterocycles. The number of benzene rings is 5. The van der Waals surface area contributed by atoms with Crippen LogP contribution in [-0.4, -0.2) is 9.55 Å². The van der Waals surface area contributed by atoms with Crippen LogP contribution < -0.4 is 4.57 Å². The minimum Gasteiger partial charge on any atom is -0.260 e. The fourth-order valence-corrected chi connectivity index (χ4v) is 8.47. The van der Waals surface area contributed by atoms with Gasteiger partial charge in [-0.2, -0.15) is 4.57 Å². The fourth-order valence-electron chi connectivity index (χ4n) is 7.14. The predicted octanol–water partition coefficient (Wildman–Crippen LogP) is 10.7. The topological polar surface area (TPSA) is 21.7 Å². The van der Waals surface area contributed by atoms with Crippen LogP contribution in [-0.2, 0) is 7.05 Å². The van der Waals surface area contributed by atoms with Crippen LogP contribution in [0.4, 0.5) is 0 Å². The van der Waals surface area contributed by atoms with E-state index in [4.69, 9.17) is 0 Å². The summed E-state index contributed by atoms with van der Waals surface area (Å²) in [6.45, 7) is 11.5. The number of nitrogens with zero attached hydrogens (tertiary/aromatic N) is 3. The summed E-state index contributed by atoms with van der Waals surface area (Å²) < 4.78 is 7.56. The van der Waals surface area contributed by atoms with Crippen LogP contribution >= 0.6 is 11.3 Å². The summed E-state index contributed by atoms with van der Waals surface area (Å²) in [6, 6.07) is 31.8. The largest absolute Gasteiger partial charge is 0.296 e. The van der Waals surface area contributed by atoms with Crippen LogP contribution in [0.2, 0.25) is 0 Å². The van der Waals surface area contributed by atoms with E-state index in [1.54, 1.807) is 0 Å². The highest BCUT2D eigenvalue weighted by molar-refractivity contribution is 7.26. The number of imidazole rings is 1. The molecule has 0 amide bonds. The third-order valence-electron chi connectivity index (χ3n) is 9.37. The van der Waals surface area contributed by atoms with Crippen molar-refractivity contribution in [3.63, 3.8) is 0 Å². The summed E-state index contributed by atoms with van der Waals surface area (Å²) >= 11 is 1.92. The molecule has 3 heterocycles. The minimum absolute atomic E-state index is 0.375. The standard InChI is InChI=1S/C40H36N3S/c1-23(2)30-12-9-13-31(24(3)4)38(30)43-35-22-41-17-16-34(35)42(6)40(43)37-25(5)14-15-32-33-20-28-18-26-10-7-8-11-27(26)19-29(28)21-36(33)44-39(32)37/h7-24H,1-6H3/q+1. The third-order valence-corrected chi connectivity index (χ3v) is 10.6. The Kier molecular flexibility index (Phi) is 6.15. The van der Waals surface area contributed by atoms with Gasteiger partial charge >= 0.3 is 0 Å². The van der Waals surface area contributed by atoms with Gasteiger partial charge in [0.1, 0.15) is 5.69 Å². The lowest BCUT2D eigenvalue weighted by molar-refractivity contribution is -0.633. The van der Waals surface area contributed by atoms with Crippen molar-refractivity contribution in [1.29, 1.82) is 0 Å². The first kappa shape index (κ1) is 27.0. The molecular formula is C40H36N3S+. The zero-order chi connectivity index (χ0) is 30.3. The Morgan fingerprint density at radius 1 is 0.727 bits per heavy atom. The summed E-state index contributed by atoms with van der Waals surface area (Å²) in [5.74, 6) is 1.95. The first-order valence-electron chi connectivity index (χ1n) is 15.6. The van der Waals surface area contributed by atoms with E-state index in [1.165, 1.54) is 81.0 Å². The van der Waals surface area contributed by atoms with Crippen LogP contribution in [0, 0.1) is 6.92 Å². The van der Waals surface area contributed by atoms with Crippen LogP contribution in [0.1, 0.15) is 56.2 Å². The van der Waals surface area contributed by atoms with Crippen LogP contribution in [0.5, 0.6) is 0 Å². The third kappa shape index (κ3) is 3.94. The number of hydrogen-bond acceptors (Lipinski definition) is 2. The second kappa shape index (κ2) is 10.0. The van der Waals surface area contributed by atoms with Gasteiger partial charge in [-0.3, -0.25) is 4.98 Å². The maximum absolute atomic E-state index is 4.64.